The monoisotopic (exact) mass is 367 g/mol. The van der Waals surface area contributed by atoms with E-state index in [1.54, 1.807) is 24.3 Å². The summed E-state index contributed by atoms with van der Waals surface area (Å²) in [6, 6.07) is 14.8. The minimum atomic E-state index is -0.237. The number of hydrogen-bond acceptors (Lipinski definition) is 4. The number of nitrogens with one attached hydrogen (secondary N) is 1. The van der Waals surface area contributed by atoms with Crippen molar-refractivity contribution in [1.82, 2.24) is 5.32 Å². The molecule has 0 spiro atoms. The number of benzene rings is 2. The minimum Gasteiger partial charge on any atom is -0.508 e. The Hall–Kier alpha value is -2.33. The second-order valence-electron chi connectivity index (χ2n) is 7.49. The van der Waals surface area contributed by atoms with Crippen molar-refractivity contribution in [2.75, 3.05) is 6.54 Å². The first kappa shape index (κ1) is 19.4. The van der Waals surface area contributed by atoms with Gasteiger partial charge in [0.1, 0.15) is 17.3 Å². The maximum atomic E-state index is 13.2. The summed E-state index contributed by atoms with van der Waals surface area (Å²) in [5.74, 6) is 0.505. The first-order valence-electron chi connectivity index (χ1n) is 9.92. The lowest BCUT2D eigenvalue weighted by molar-refractivity contribution is -0.121. The molecule has 3 N–H and O–H groups in total. The summed E-state index contributed by atoms with van der Waals surface area (Å²) in [4.78, 5) is 13.2. The van der Waals surface area contributed by atoms with E-state index < -0.39 is 0 Å². The predicted octanol–water partition coefficient (Wildman–Crippen LogP) is 4.48. The Morgan fingerprint density at radius 3 is 2.07 bits per heavy atom. The van der Waals surface area contributed by atoms with Crippen LogP contribution in [0.25, 0.3) is 0 Å². The quantitative estimate of drug-likeness (QED) is 0.427. The molecule has 0 aliphatic carbocycles. The fourth-order valence-electron chi connectivity index (χ4n) is 3.84. The van der Waals surface area contributed by atoms with E-state index in [2.05, 4.69) is 12.2 Å². The van der Waals surface area contributed by atoms with Gasteiger partial charge < -0.3 is 15.5 Å². The first-order valence-corrected chi connectivity index (χ1v) is 9.92. The van der Waals surface area contributed by atoms with E-state index in [0.29, 0.717) is 12.5 Å². The molecule has 1 fully saturated rings. The summed E-state index contributed by atoms with van der Waals surface area (Å²) in [7, 11) is 0. The Morgan fingerprint density at radius 1 is 1.00 bits per heavy atom. The van der Waals surface area contributed by atoms with Crippen LogP contribution in [0.1, 0.15) is 62.0 Å². The van der Waals surface area contributed by atoms with Crippen molar-refractivity contribution in [3.8, 4) is 11.5 Å². The van der Waals surface area contributed by atoms with E-state index in [0.717, 1.165) is 43.4 Å². The van der Waals surface area contributed by atoms with Crippen LogP contribution >= 0.6 is 0 Å². The molecule has 3 rings (SSSR count). The van der Waals surface area contributed by atoms with Gasteiger partial charge in [-0.05, 0) is 60.6 Å². The third kappa shape index (κ3) is 5.33. The van der Waals surface area contributed by atoms with Gasteiger partial charge in [0.05, 0.1) is 0 Å². The van der Waals surface area contributed by atoms with Crippen LogP contribution in [-0.2, 0) is 4.79 Å². The van der Waals surface area contributed by atoms with Crippen LogP contribution in [0.4, 0.5) is 0 Å². The van der Waals surface area contributed by atoms with Crippen LogP contribution in [0.2, 0.25) is 0 Å². The molecule has 4 heteroatoms. The summed E-state index contributed by atoms with van der Waals surface area (Å²) < 4.78 is 0. The average molecular weight is 367 g/mol. The SMILES string of the molecule is CCC(c1ccc(O)cc1)C(C(=O)CCCCC1CN1)c1ccc(O)cc1. The van der Waals surface area contributed by atoms with Crippen LogP contribution in [0.5, 0.6) is 11.5 Å². The van der Waals surface area contributed by atoms with Crippen molar-refractivity contribution < 1.29 is 15.0 Å². The maximum Gasteiger partial charge on any atom is 0.140 e. The molecule has 2 aromatic carbocycles. The molecule has 1 aliphatic rings. The normalized spacial score (nSPS) is 18.0. The van der Waals surface area contributed by atoms with E-state index in [9.17, 15) is 15.0 Å². The molecule has 4 nitrogen and oxygen atoms in total. The third-order valence-electron chi connectivity index (χ3n) is 5.48. The number of hydrogen-bond donors (Lipinski definition) is 3. The molecule has 3 atom stereocenters. The van der Waals surface area contributed by atoms with Crippen LogP contribution < -0.4 is 5.32 Å². The Bertz CT molecular complexity index is 735. The number of carbonyl (C=O) groups is 1. The number of Topliss-reactive ketones (excluding diaryl/α,β-unsaturated/α-hetero) is 1. The first-order chi connectivity index (χ1) is 13.1. The third-order valence-corrected chi connectivity index (χ3v) is 5.48. The fourth-order valence-corrected chi connectivity index (χ4v) is 3.84. The Labute approximate surface area is 161 Å². The lowest BCUT2D eigenvalue weighted by Crippen LogP contribution is -2.20. The molecule has 3 unspecified atom stereocenters. The van der Waals surface area contributed by atoms with E-state index >= 15 is 0 Å². The molecule has 1 saturated heterocycles. The van der Waals surface area contributed by atoms with Crippen molar-refractivity contribution in [2.24, 2.45) is 0 Å². The van der Waals surface area contributed by atoms with Gasteiger partial charge in [0.15, 0.2) is 0 Å². The molecule has 1 aliphatic heterocycles. The molecule has 0 bridgehead atoms. The second kappa shape index (κ2) is 9.05. The number of phenols is 2. The van der Waals surface area contributed by atoms with Crippen LogP contribution in [-0.4, -0.2) is 28.6 Å². The van der Waals surface area contributed by atoms with E-state index in [1.165, 1.54) is 0 Å². The molecule has 2 aromatic rings. The van der Waals surface area contributed by atoms with Gasteiger partial charge in [-0.15, -0.1) is 0 Å². The number of phenolic OH excluding ortho intramolecular Hbond substituents is 2. The molecule has 0 aromatic heterocycles. The molecule has 0 radical (unpaired) electrons. The summed E-state index contributed by atoms with van der Waals surface area (Å²) in [6.07, 6.45) is 4.53. The molecule has 0 saturated carbocycles. The maximum absolute atomic E-state index is 13.2. The summed E-state index contributed by atoms with van der Waals surface area (Å²) in [5, 5.41) is 22.5. The van der Waals surface area contributed by atoms with Crippen molar-refractivity contribution in [3.05, 3.63) is 59.7 Å². The summed E-state index contributed by atoms with van der Waals surface area (Å²) in [5.41, 5.74) is 2.01. The zero-order valence-corrected chi connectivity index (χ0v) is 15.9. The van der Waals surface area contributed by atoms with Crippen molar-refractivity contribution in [1.29, 1.82) is 0 Å². The highest BCUT2D eigenvalue weighted by atomic mass is 16.3. The topological polar surface area (TPSA) is 79.5 Å². The smallest absolute Gasteiger partial charge is 0.140 e. The fraction of sp³-hybridized carbons (Fsp3) is 0.435. The molecular weight excluding hydrogens is 338 g/mol. The highest BCUT2D eigenvalue weighted by Gasteiger charge is 2.29. The van der Waals surface area contributed by atoms with E-state index in [-0.39, 0.29) is 29.1 Å². The number of rotatable bonds is 10. The van der Waals surface area contributed by atoms with Gasteiger partial charge in [-0.3, -0.25) is 4.79 Å². The van der Waals surface area contributed by atoms with E-state index in [4.69, 9.17) is 0 Å². The van der Waals surface area contributed by atoms with Crippen LogP contribution in [0.15, 0.2) is 48.5 Å². The van der Waals surface area contributed by atoms with Gasteiger partial charge in [0, 0.05) is 24.9 Å². The number of aromatic hydroxyl groups is 2. The van der Waals surface area contributed by atoms with Crippen LogP contribution in [0, 0.1) is 0 Å². The molecule has 1 heterocycles. The van der Waals surface area contributed by atoms with Gasteiger partial charge in [-0.2, -0.15) is 0 Å². The Morgan fingerprint density at radius 2 is 1.56 bits per heavy atom. The molecule has 27 heavy (non-hydrogen) atoms. The number of carbonyl (C=O) groups excluding carboxylic acids is 1. The Balaban J connectivity index is 1.79. The molecular formula is C23H29NO3. The minimum absolute atomic E-state index is 0.0488. The number of ketones is 1. The second-order valence-corrected chi connectivity index (χ2v) is 7.49. The van der Waals surface area contributed by atoms with Gasteiger partial charge >= 0.3 is 0 Å². The zero-order valence-electron chi connectivity index (χ0n) is 15.9. The van der Waals surface area contributed by atoms with Crippen molar-refractivity contribution in [2.45, 2.75) is 56.9 Å². The highest BCUT2D eigenvalue weighted by Crippen LogP contribution is 2.38. The van der Waals surface area contributed by atoms with E-state index in [1.807, 2.05) is 24.3 Å². The average Bonchev–Trinajstić information content (AvgIpc) is 3.49. The zero-order chi connectivity index (χ0) is 19.2. The predicted molar refractivity (Wildman–Crippen MR) is 107 cm³/mol. The number of unbranched alkanes of at least 4 members (excludes halogenated alkanes) is 1. The molecule has 144 valence electrons. The van der Waals surface area contributed by atoms with Gasteiger partial charge in [-0.25, -0.2) is 0 Å². The van der Waals surface area contributed by atoms with Crippen LogP contribution in [0.3, 0.4) is 0 Å². The van der Waals surface area contributed by atoms with Crippen molar-refractivity contribution >= 4 is 5.78 Å². The summed E-state index contributed by atoms with van der Waals surface area (Å²) in [6.45, 7) is 3.21. The lowest BCUT2D eigenvalue weighted by atomic mass is 9.76. The van der Waals surface area contributed by atoms with Gasteiger partial charge in [0.2, 0.25) is 0 Å². The largest absolute Gasteiger partial charge is 0.508 e. The highest BCUT2D eigenvalue weighted by molar-refractivity contribution is 5.87. The summed E-state index contributed by atoms with van der Waals surface area (Å²) >= 11 is 0. The lowest BCUT2D eigenvalue weighted by Gasteiger charge is -2.26. The standard InChI is InChI=1S/C23H29NO3/c1-2-21(16-7-11-19(25)12-8-16)23(17-9-13-20(26)14-10-17)22(27)6-4-3-5-18-15-24-18/h7-14,18,21,23-26H,2-6,15H2,1H3. The van der Waals surface area contributed by atoms with Gasteiger partial charge in [-0.1, -0.05) is 37.6 Å². The Kier molecular flexibility index (Phi) is 6.51. The molecule has 0 amide bonds. The van der Waals surface area contributed by atoms with Gasteiger partial charge in [0.25, 0.3) is 0 Å². The van der Waals surface area contributed by atoms with Crippen molar-refractivity contribution in [3.63, 3.8) is 0 Å².